The molecule has 0 unspecified atom stereocenters. The van der Waals surface area contributed by atoms with Crippen LogP contribution in [0.1, 0.15) is 43.4 Å². The summed E-state index contributed by atoms with van der Waals surface area (Å²) in [4.78, 5) is 9.68. The van der Waals surface area contributed by atoms with Gasteiger partial charge in [0.15, 0.2) is 0 Å². The zero-order valence-corrected chi connectivity index (χ0v) is 17.1. The molecule has 0 spiro atoms. The van der Waals surface area contributed by atoms with Gasteiger partial charge in [0.25, 0.3) is 0 Å². The highest BCUT2D eigenvalue weighted by molar-refractivity contribution is 5.41. The SMILES string of the molecule is CC1(C)Cc2cc(CN3C[C@H]4CC[C@@H]3CN(Cc3cccnc3)C4)ccc2O1. The van der Waals surface area contributed by atoms with E-state index < -0.39 is 0 Å². The third-order valence-electron chi connectivity index (χ3n) is 6.54. The fourth-order valence-electron chi connectivity index (χ4n) is 5.34. The number of aromatic nitrogens is 1. The average Bonchev–Trinajstić information content (AvgIpc) is 2.78. The Morgan fingerprint density at radius 2 is 2.00 bits per heavy atom. The number of fused-ring (bicyclic) bond motifs is 5. The van der Waals surface area contributed by atoms with Crippen LogP contribution in [0.25, 0.3) is 0 Å². The van der Waals surface area contributed by atoms with Gasteiger partial charge in [0, 0.05) is 57.6 Å². The lowest BCUT2D eigenvalue weighted by molar-refractivity contribution is 0.123. The van der Waals surface area contributed by atoms with Crippen LogP contribution in [0.4, 0.5) is 0 Å². The number of hydrogen-bond donors (Lipinski definition) is 0. The van der Waals surface area contributed by atoms with Gasteiger partial charge in [-0.2, -0.15) is 0 Å². The maximum absolute atomic E-state index is 6.05. The van der Waals surface area contributed by atoms with Crippen molar-refractivity contribution in [3.05, 3.63) is 59.4 Å². The molecule has 0 aliphatic carbocycles. The van der Waals surface area contributed by atoms with Crippen LogP contribution < -0.4 is 4.74 Å². The Balaban J connectivity index is 1.27. The number of nitrogens with zero attached hydrogens (tertiary/aromatic N) is 3. The van der Waals surface area contributed by atoms with E-state index in [9.17, 15) is 0 Å². The second-order valence-corrected chi connectivity index (χ2v) is 9.56. The topological polar surface area (TPSA) is 28.6 Å². The second kappa shape index (κ2) is 7.16. The smallest absolute Gasteiger partial charge is 0.123 e. The van der Waals surface area contributed by atoms with Gasteiger partial charge in [0.1, 0.15) is 11.4 Å². The number of hydrogen-bond acceptors (Lipinski definition) is 4. The number of pyridine rings is 1. The van der Waals surface area contributed by atoms with Crippen molar-refractivity contribution < 1.29 is 4.74 Å². The predicted octanol–water partition coefficient (Wildman–Crippen LogP) is 3.89. The van der Waals surface area contributed by atoms with Gasteiger partial charge in [0.2, 0.25) is 0 Å². The van der Waals surface area contributed by atoms with E-state index in [1.165, 1.54) is 49.2 Å². The molecule has 0 saturated carbocycles. The molecular formula is C24H31N3O. The summed E-state index contributed by atoms with van der Waals surface area (Å²) < 4.78 is 6.05. The molecule has 2 bridgehead atoms. The van der Waals surface area contributed by atoms with Crippen LogP contribution in [0, 0.1) is 5.92 Å². The van der Waals surface area contributed by atoms with Crippen LogP contribution >= 0.6 is 0 Å². The fraction of sp³-hybridized carbons (Fsp3) is 0.542. The molecule has 2 atom stereocenters. The van der Waals surface area contributed by atoms with Crippen molar-refractivity contribution in [3.8, 4) is 5.75 Å². The molecule has 4 nitrogen and oxygen atoms in total. The number of benzene rings is 1. The summed E-state index contributed by atoms with van der Waals surface area (Å²) in [6, 6.07) is 11.8. The standard InChI is InChI=1S/C24H31N3O/c1-24(2)11-21-10-18(6-8-23(21)28-24)15-27-16-20-5-7-22(27)17-26(14-20)13-19-4-3-9-25-12-19/h3-4,6,8-10,12,20,22H,5,7,11,13-17H2,1-2H3/t20-,22+/m0/s1. The lowest BCUT2D eigenvalue weighted by Gasteiger charge is -2.36. The van der Waals surface area contributed by atoms with Crippen molar-refractivity contribution >= 4 is 0 Å². The first-order valence-corrected chi connectivity index (χ1v) is 10.7. The summed E-state index contributed by atoms with van der Waals surface area (Å²) in [5.74, 6) is 1.86. The van der Waals surface area contributed by atoms with Crippen LogP contribution in [-0.4, -0.2) is 46.1 Å². The first-order valence-electron chi connectivity index (χ1n) is 10.7. The summed E-state index contributed by atoms with van der Waals surface area (Å²) in [6.07, 6.45) is 7.59. The Labute approximate surface area is 168 Å². The van der Waals surface area contributed by atoms with Gasteiger partial charge in [-0.25, -0.2) is 0 Å². The van der Waals surface area contributed by atoms with E-state index in [1.807, 2.05) is 18.5 Å². The van der Waals surface area contributed by atoms with Crippen molar-refractivity contribution in [2.45, 2.75) is 57.8 Å². The molecule has 5 heterocycles. The van der Waals surface area contributed by atoms with Crippen LogP contribution in [0.2, 0.25) is 0 Å². The molecule has 3 saturated heterocycles. The zero-order chi connectivity index (χ0) is 19.1. The summed E-state index contributed by atoms with van der Waals surface area (Å²) in [5.41, 5.74) is 4.08. The summed E-state index contributed by atoms with van der Waals surface area (Å²) in [5, 5.41) is 0. The quantitative estimate of drug-likeness (QED) is 0.808. The van der Waals surface area contributed by atoms with E-state index in [2.05, 4.69) is 52.9 Å². The molecule has 4 aliphatic heterocycles. The Morgan fingerprint density at radius 3 is 2.86 bits per heavy atom. The molecule has 0 radical (unpaired) electrons. The van der Waals surface area contributed by atoms with E-state index in [0.29, 0.717) is 6.04 Å². The van der Waals surface area contributed by atoms with Crippen LogP contribution in [-0.2, 0) is 19.5 Å². The Bertz CT molecular complexity index is 835. The van der Waals surface area contributed by atoms with Crippen molar-refractivity contribution in [2.75, 3.05) is 19.6 Å². The fourth-order valence-corrected chi connectivity index (χ4v) is 5.34. The average molecular weight is 378 g/mol. The minimum absolute atomic E-state index is 0.0601. The number of ether oxygens (including phenoxy) is 1. The molecule has 4 aliphatic rings. The van der Waals surface area contributed by atoms with Gasteiger partial charge in [-0.05, 0) is 61.4 Å². The zero-order valence-electron chi connectivity index (χ0n) is 17.1. The second-order valence-electron chi connectivity index (χ2n) is 9.56. The van der Waals surface area contributed by atoms with Crippen LogP contribution in [0.15, 0.2) is 42.7 Å². The Kier molecular flexibility index (Phi) is 4.64. The lowest BCUT2D eigenvalue weighted by Crippen LogP contribution is -2.43. The van der Waals surface area contributed by atoms with Gasteiger partial charge in [-0.15, -0.1) is 0 Å². The predicted molar refractivity (Wildman–Crippen MR) is 111 cm³/mol. The molecule has 4 heteroatoms. The summed E-state index contributed by atoms with van der Waals surface area (Å²) >= 11 is 0. The molecule has 1 aromatic carbocycles. The van der Waals surface area contributed by atoms with Crippen LogP contribution in [0.5, 0.6) is 5.75 Å². The van der Waals surface area contributed by atoms with E-state index in [0.717, 1.165) is 31.2 Å². The van der Waals surface area contributed by atoms with Gasteiger partial charge in [-0.1, -0.05) is 18.2 Å². The molecule has 2 aromatic rings. The van der Waals surface area contributed by atoms with Gasteiger partial charge in [0.05, 0.1) is 0 Å². The van der Waals surface area contributed by atoms with Gasteiger partial charge in [-0.3, -0.25) is 14.8 Å². The van der Waals surface area contributed by atoms with Gasteiger partial charge < -0.3 is 4.74 Å². The highest BCUT2D eigenvalue weighted by Crippen LogP contribution is 2.36. The first kappa shape index (κ1) is 18.1. The Hall–Kier alpha value is -1.91. The molecule has 1 aromatic heterocycles. The maximum Gasteiger partial charge on any atom is 0.123 e. The summed E-state index contributed by atoms with van der Waals surface area (Å²) in [6.45, 7) is 10.1. The minimum Gasteiger partial charge on any atom is -0.487 e. The first-order chi connectivity index (χ1) is 13.5. The largest absolute Gasteiger partial charge is 0.487 e. The third kappa shape index (κ3) is 3.81. The van der Waals surface area contributed by atoms with E-state index >= 15 is 0 Å². The lowest BCUT2D eigenvalue weighted by atomic mass is 9.94. The van der Waals surface area contributed by atoms with Crippen LogP contribution in [0.3, 0.4) is 0 Å². The monoisotopic (exact) mass is 377 g/mol. The molecular weight excluding hydrogens is 346 g/mol. The van der Waals surface area contributed by atoms with Gasteiger partial charge >= 0.3 is 0 Å². The van der Waals surface area contributed by atoms with Crippen molar-refractivity contribution in [1.29, 1.82) is 0 Å². The van der Waals surface area contributed by atoms with Crippen molar-refractivity contribution in [3.63, 3.8) is 0 Å². The highest BCUT2D eigenvalue weighted by Gasteiger charge is 2.35. The van der Waals surface area contributed by atoms with E-state index in [-0.39, 0.29) is 5.60 Å². The van der Waals surface area contributed by atoms with E-state index in [4.69, 9.17) is 4.74 Å². The summed E-state index contributed by atoms with van der Waals surface area (Å²) in [7, 11) is 0. The molecule has 0 amide bonds. The van der Waals surface area contributed by atoms with Crippen molar-refractivity contribution in [1.82, 2.24) is 14.8 Å². The third-order valence-corrected chi connectivity index (χ3v) is 6.54. The minimum atomic E-state index is -0.0601. The van der Waals surface area contributed by atoms with E-state index in [1.54, 1.807) is 0 Å². The number of rotatable bonds is 4. The normalized spacial score (nSPS) is 26.6. The molecule has 6 rings (SSSR count). The molecule has 148 valence electrons. The number of piperidine rings is 1. The maximum atomic E-state index is 6.05. The Morgan fingerprint density at radius 1 is 1.07 bits per heavy atom. The van der Waals surface area contributed by atoms with Crippen molar-refractivity contribution in [2.24, 2.45) is 5.92 Å². The molecule has 3 fully saturated rings. The molecule has 28 heavy (non-hydrogen) atoms. The highest BCUT2D eigenvalue weighted by atomic mass is 16.5. The molecule has 0 N–H and O–H groups in total.